The van der Waals surface area contributed by atoms with Crippen molar-refractivity contribution in [2.75, 3.05) is 0 Å². The van der Waals surface area contributed by atoms with Crippen LogP contribution in [0.2, 0.25) is 0 Å². The van der Waals surface area contributed by atoms with Gasteiger partial charge in [0.05, 0.1) is 27.8 Å². The lowest BCUT2D eigenvalue weighted by atomic mass is 9.93. The van der Waals surface area contributed by atoms with E-state index < -0.39 is 0 Å². The van der Waals surface area contributed by atoms with Gasteiger partial charge < -0.3 is 8.98 Å². The Morgan fingerprint density at radius 2 is 1.03 bits per heavy atom. The molecule has 0 aliphatic rings. The molecule has 0 amide bonds. The molecule has 0 spiro atoms. The second-order valence-corrected chi connectivity index (χ2v) is 15.7. The maximum atomic E-state index is 6.59. The summed E-state index contributed by atoms with van der Waals surface area (Å²) < 4.78 is 11.3. The maximum absolute atomic E-state index is 6.59. The van der Waals surface area contributed by atoms with Gasteiger partial charge in [-0.15, -0.1) is 0 Å². The highest BCUT2D eigenvalue weighted by atomic mass is 16.3. The summed E-state index contributed by atoms with van der Waals surface area (Å²) in [4.78, 5) is 10.9. The molecular weight excluding hydrogens is 721 g/mol. The molecule has 5 heteroatoms. The highest BCUT2D eigenvalue weighted by Crippen LogP contribution is 2.45. The van der Waals surface area contributed by atoms with Crippen molar-refractivity contribution in [2.24, 2.45) is 0 Å². The van der Waals surface area contributed by atoms with E-state index in [1.54, 1.807) is 0 Å². The molecule has 0 fully saturated rings. The van der Waals surface area contributed by atoms with Crippen LogP contribution in [0.4, 0.5) is 0 Å². The number of benzene rings is 10. The number of fused-ring (bicyclic) bond motifs is 11. The molecule has 272 valence electrons. The van der Waals surface area contributed by atoms with E-state index >= 15 is 0 Å². The van der Waals surface area contributed by atoms with E-state index in [1.807, 2.05) is 18.2 Å². The second-order valence-electron chi connectivity index (χ2n) is 15.7. The third-order valence-electron chi connectivity index (χ3n) is 12.6. The Hall–Kier alpha value is -8.02. The maximum Gasteiger partial charge on any atom is 0.236 e. The molecule has 59 heavy (non-hydrogen) atoms. The van der Waals surface area contributed by atoms with Gasteiger partial charge in [-0.3, -0.25) is 4.57 Å². The topological polar surface area (TPSA) is 48.8 Å². The predicted octanol–water partition coefficient (Wildman–Crippen LogP) is 14.3. The zero-order valence-corrected chi connectivity index (χ0v) is 31.5. The molecule has 0 unspecified atom stereocenters. The number of hydrogen-bond donors (Lipinski definition) is 0. The van der Waals surface area contributed by atoms with E-state index in [2.05, 4.69) is 173 Å². The van der Waals surface area contributed by atoms with Gasteiger partial charge in [-0.25, -0.2) is 9.97 Å². The highest BCUT2D eigenvalue weighted by molar-refractivity contribution is 6.28. The van der Waals surface area contributed by atoms with Crippen molar-refractivity contribution in [3.05, 3.63) is 182 Å². The quantitative estimate of drug-likeness (QED) is 0.169. The van der Waals surface area contributed by atoms with E-state index in [0.717, 1.165) is 60.6 Å². The number of furan rings is 1. The van der Waals surface area contributed by atoms with E-state index in [4.69, 9.17) is 14.4 Å². The Morgan fingerprint density at radius 3 is 1.90 bits per heavy atom. The van der Waals surface area contributed by atoms with Crippen LogP contribution < -0.4 is 0 Å². The summed E-state index contributed by atoms with van der Waals surface area (Å²) in [5.41, 5.74) is 9.59. The van der Waals surface area contributed by atoms with Crippen LogP contribution >= 0.6 is 0 Å². The first-order chi connectivity index (χ1) is 29.3. The smallest absolute Gasteiger partial charge is 0.236 e. The van der Waals surface area contributed by atoms with Crippen LogP contribution in [0.5, 0.6) is 0 Å². The van der Waals surface area contributed by atoms with Crippen LogP contribution in [0.3, 0.4) is 0 Å². The van der Waals surface area contributed by atoms with Gasteiger partial charge in [-0.2, -0.15) is 0 Å². The first-order valence-electron chi connectivity index (χ1n) is 20.1. The zero-order valence-electron chi connectivity index (χ0n) is 31.5. The minimum absolute atomic E-state index is 0.600. The minimum Gasteiger partial charge on any atom is -0.452 e. The van der Waals surface area contributed by atoms with Gasteiger partial charge in [-0.05, 0) is 80.2 Å². The van der Waals surface area contributed by atoms with Gasteiger partial charge in [0, 0.05) is 37.9 Å². The molecule has 0 radical (unpaired) electrons. The summed E-state index contributed by atoms with van der Waals surface area (Å²) in [6.07, 6.45) is 0. The Kier molecular flexibility index (Phi) is 5.96. The van der Waals surface area contributed by atoms with Gasteiger partial charge >= 0.3 is 0 Å². The Bertz CT molecular complexity index is 4080. The molecule has 0 atom stereocenters. The number of para-hydroxylation sites is 3. The number of hydrogen-bond acceptors (Lipinski definition) is 3. The average molecular weight is 751 g/mol. The van der Waals surface area contributed by atoms with Crippen molar-refractivity contribution < 1.29 is 4.42 Å². The molecule has 10 aromatic carbocycles. The van der Waals surface area contributed by atoms with Crippen molar-refractivity contribution in [3.8, 4) is 22.9 Å². The standard InChI is InChI=1S/C54H30N4O/c1-2-11-35-30-36(23-20-31(35)10-1)50-53-51(41-16-5-8-19-46(41)59-53)56-54(55-50)58-43-18-7-4-15-39(43)49-45(58)29-27-38-37-14-3-6-17-42(37)57(52(38)49)44-28-25-34-22-21-32-12-9-13-33-24-26-40(44)48(34)47(32)33/h1-30H. The lowest BCUT2D eigenvalue weighted by Gasteiger charge is -2.16. The summed E-state index contributed by atoms with van der Waals surface area (Å²) in [6.45, 7) is 0. The SMILES string of the molecule is c1ccc2cc(-c3nc(-n4c5ccccc5c5c4ccc4c6ccccc6n(-c6ccc7ccc8cccc9ccc6c7c89)c45)nc4c3oc3ccccc34)ccc2c1. The highest BCUT2D eigenvalue weighted by Gasteiger charge is 2.25. The van der Waals surface area contributed by atoms with Crippen LogP contribution in [-0.2, 0) is 0 Å². The summed E-state index contributed by atoms with van der Waals surface area (Å²) in [5, 5.41) is 15.6. The predicted molar refractivity (Wildman–Crippen MR) is 245 cm³/mol. The second kappa shape index (κ2) is 11.3. The molecule has 4 aromatic heterocycles. The number of rotatable bonds is 3. The molecule has 14 rings (SSSR count). The third-order valence-corrected chi connectivity index (χ3v) is 12.6. The Labute approximate surface area is 335 Å². The molecule has 0 bridgehead atoms. The van der Waals surface area contributed by atoms with Crippen LogP contribution in [0.25, 0.3) is 132 Å². The molecule has 14 aromatic rings. The van der Waals surface area contributed by atoms with Crippen molar-refractivity contribution in [1.82, 2.24) is 19.1 Å². The zero-order chi connectivity index (χ0) is 38.3. The van der Waals surface area contributed by atoms with Gasteiger partial charge in [0.1, 0.15) is 16.8 Å². The minimum atomic E-state index is 0.600. The van der Waals surface area contributed by atoms with Crippen molar-refractivity contribution in [3.63, 3.8) is 0 Å². The van der Waals surface area contributed by atoms with Crippen molar-refractivity contribution >= 4 is 109 Å². The van der Waals surface area contributed by atoms with Crippen molar-refractivity contribution in [1.29, 1.82) is 0 Å². The normalized spacial score (nSPS) is 12.4. The van der Waals surface area contributed by atoms with Crippen LogP contribution in [-0.4, -0.2) is 19.1 Å². The van der Waals surface area contributed by atoms with Gasteiger partial charge in [0.25, 0.3) is 0 Å². The van der Waals surface area contributed by atoms with Crippen LogP contribution in [0.15, 0.2) is 186 Å². The number of aromatic nitrogens is 4. The van der Waals surface area contributed by atoms with Crippen LogP contribution in [0, 0.1) is 0 Å². The molecule has 5 nitrogen and oxygen atoms in total. The summed E-state index contributed by atoms with van der Waals surface area (Å²) in [5.74, 6) is 0.600. The van der Waals surface area contributed by atoms with Gasteiger partial charge in [-0.1, -0.05) is 140 Å². The lowest BCUT2D eigenvalue weighted by Crippen LogP contribution is -2.03. The van der Waals surface area contributed by atoms with Gasteiger partial charge in [0.2, 0.25) is 5.95 Å². The van der Waals surface area contributed by atoms with E-state index in [9.17, 15) is 0 Å². The van der Waals surface area contributed by atoms with Crippen molar-refractivity contribution in [2.45, 2.75) is 0 Å². The fourth-order valence-electron chi connectivity index (χ4n) is 10.1. The molecular formula is C54H30N4O. The Morgan fingerprint density at radius 1 is 0.390 bits per heavy atom. The summed E-state index contributed by atoms with van der Waals surface area (Å²) >= 11 is 0. The molecule has 0 saturated carbocycles. The fourth-order valence-corrected chi connectivity index (χ4v) is 10.1. The first-order valence-corrected chi connectivity index (χ1v) is 20.1. The Balaban J connectivity index is 1.13. The average Bonchev–Trinajstić information content (AvgIpc) is 3.95. The fraction of sp³-hybridized carbons (Fsp3) is 0. The van der Waals surface area contributed by atoms with Gasteiger partial charge in [0.15, 0.2) is 5.58 Å². The molecule has 0 saturated heterocycles. The van der Waals surface area contributed by atoms with E-state index in [0.29, 0.717) is 11.5 Å². The van der Waals surface area contributed by atoms with E-state index in [1.165, 1.54) is 59.5 Å². The monoisotopic (exact) mass is 750 g/mol. The molecule has 4 heterocycles. The number of nitrogens with zero attached hydrogens (tertiary/aromatic N) is 4. The molecule has 0 N–H and O–H groups in total. The largest absolute Gasteiger partial charge is 0.452 e. The molecule has 0 aliphatic heterocycles. The summed E-state index contributed by atoms with van der Waals surface area (Å²) in [6, 6.07) is 65.5. The molecule has 0 aliphatic carbocycles. The summed E-state index contributed by atoms with van der Waals surface area (Å²) in [7, 11) is 0. The van der Waals surface area contributed by atoms with E-state index in [-0.39, 0.29) is 0 Å². The first kappa shape index (κ1) is 31.1. The van der Waals surface area contributed by atoms with Crippen LogP contribution in [0.1, 0.15) is 0 Å². The lowest BCUT2D eigenvalue weighted by molar-refractivity contribution is 0.666. The third kappa shape index (κ3) is 4.13.